The van der Waals surface area contributed by atoms with Crippen molar-refractivity contribution in [3.8, 4) is 0 Å². The Kier molecular flexibility index (Phi) is 3.28. The summed E-state index contributed by atoms with van der Waals surface area (Å²) in [5.74, 6) is 0.838. The lowest BCUT2D eigenvalue weighted by atomic mass is 10.2. The average molecular weight is 286 g/mol. The number of hydrogen-bond acceptors (Lipinski definition) is 1. The molecule has 1 aliphatic carbocycles. The van der Waals surface area contributed by atoms with Crippen LogP contribution in [0.2, 0.25) is 0 Å². The zero-order chi connectivity index (χ0) is 11.7. The Balaban J connectivity index is 1.97. The van der Waals surface area contributed by atoms with Crippen molar-refractivity contribution in [1.82, 2.24) is 5.32 Å². The van der Waals surface area contributed by atoms with Gasteiger partial charge in [-0.25, -0.2) is 4.39 Å². The standard InChI is InChI=1S/C12H13BrFNO/c1-7-4-8(7)6-15-12(16)10-3-2-9(14)5-11(10)13/h2-3,5,7-8H,4,6H2,1H3,(H,15,16). The highest BCUT2D eigenvalue weighted by Gasteiger charge is 2.32. The fraction of sp³-hybridized carbons (Fsp3) is 0.417. The second-order valence-corrected chi connectivity index (χ2v) is 5.16. The third-order valence-corrected chi connectivity index (χ3v) is 3.63. The summed E-state index contributed by atoms with van der Waals surface area (Å²) in [6.45, 7) is 2.88. The van der Waals surface area contributed by atoms with E-state index in [-0.39, 0.29) is 11.7 Å². The number of carbonyl (C=O) groups is 1. The largest absolute Gasteiger partial charge is 0.352 e. The minimum absolute atomic E-state index is 0.147. The van der Waals surface area contributed by atoms with Crippen LogP contribution in [0.3, 0.4) is 0 Å². The molecule has 0 bridgehead atoms. The number of hydrogen-bond donors (Lipinski definition) is 1. The summed E-state index contributed by atoms with van der Waals surface area (Å²) in [6, 6.07) is 4.08. The quantitative estimate of drug-likeness (QED) is 0.909. The molecule has 2 unspecified atom stereocenters. The molecule has 86 valence electrons. The van der Waals surface area contributed by atoms with Crippen LogP contribution < -0.4 is 5.32 Å². The lowest BCUT2D eigenvalue weighted by molar-refractivity contribution is 0.0950. The summed E-state index contributed by atoms with van der Waals surface area (Å²) in [4.78, 5) is 11.8. The number of carbonyl (C=O) groups excluding carboxylic acids is 1. The zero-order valence-electron chi connectivity index (χ0n) is 8.97. The molecule has 4 heteroatoms. The van der Waals surface area contributed by atoms with E-state index in [1.807, 2.05) is 0 Å². The molecule has 1 fully saturated rings. The second kappa shape index (κ2) is 4.53. The van der Waals surface area contributed by atoms with E-state index in [0.29, 0.717) is 22.5 Å². The van der Waals surface area contributed by atoms with Crippen molar-refractivity contribution in [3.63, 3.8) is 0 Å². The summed E-state index contributed by atoms with van der Waals surface area (Å²) in [5.41, 5.74) is 0.481. The molecule has 0 spiro atoms. The highest BCUT2D eigenvalue weighted by molar-refractivity contribution is 9.10. The summed E-state index contributed by atoms with van der Waals surface area (Å²) < 4.78 is 13.3. The predicted octanol–water partition coefficient (Wildman–Crippen LogP) is 2.97. The van der Waals surface area contributed by atoms with Gasteiger partial charge in [-0.15, -0.1) is 0 Å². The lowest BCUT2D eigenvalue weighted by Gasteiger charge is -2.06. The van der Waals surface area contributed by atoms with Gasteiger partial charge in [0.25, 0.3) is 5.91 Å². The highest BCUT2D eigenvalue weighted by Crippen LogP contribution is 2.36. The minimum atomic E-state index is -0.348. The molecule has 1 saturated carbocycles. The van der Waals surface area contributed by atoms with Gasteiger partial charge in [-0.3, -0.25) is 4.79 Å². The SMILES string of the molecule is CC1CC1CNC(=O)c1ccc(F)cc1Br. The Bertz CT molecular complexity index is 421. The second-order valence-electron chi connectivity index (χ2n) is 4.31. The molecule has 16 heavy (non-hydrogen) atoms. The monoisotopic (exact) mass is 285 g/mol. The Morgan fingerprint density at radius 1 is 1.62 bits per heavy atom. The summed E-state index contributed by atoms with van der Waals surface area (Å²) in [5, 5.41) is 2.86. The van der Waals surface area contributed by atoms with E-state index in [0.717, 1.165) is 5.92 Å². The molecule has 0 saturated heterocycles. The van der Waals surface area contributed by atoms with Gasteiger partial charge >= 0.3 is 0 Å². The van der Waals surface area contributed by atoms with Gasteiger partial charge in [0.15, 0.2) is 0 Å². The number of nitrogens with one attached hydrogen (secondary N) is 1. The number of benzene rings is 1. The van der Waals surface area contributed by atoms with Crippen LogP contribution in [0.15, 0.2) is 22.7 Å². The molecule has 1 amide bonds. The Morgan fingerprint density at radius 3 is 2.88 bits per heavy atom. The van der Waals surface area contributed by atoms with Crippen molar-refractivity contribution in [2.24, 2.45) is 11.8 Å². The maximum Gasteiger partial charge on any atom is 0.252 e. The molecule has 0 aliphatic heterocycles. The first-order chi connectivity index (χ1) is 7.58. The average Bonchev–Trinajstić information content (AvgIpc) is 2.91. The van der Waals surface area contributed by atoms with Crippen LogP contribution >= 0.6 is 15.9 Å². The van der Waals surface area contributed by atoms with Crippen LogP contribution in [0, 0.1) is 17.7 Å². The molecule has 1 N–H and O–H groups in total. The molecular formula is C12H13BrFNO. The number of halogens is 2. The first kappa shape index (κ1) is 11.6. The zero-order valence-corrected chi connectivity index (χ0v) is 10.6. The fourth-order valence-electron chi connectivity index (χ4n) is 1.68. The Morgan fingerprint density at radius 2 is 2.31 bits per heavy atom. The third kappa shape index (κ3) is 2.61. The Hall–Kier alpha value is -0.900. The maximum atomic E-state index is 12.8. The van der Waals surface area contributed by atoms with Crippen LogP contribution in [0.4, 0.5) is 4.39 Å². The van der Waals surface area contributed by atoms with E-state index in [1.54, 1.807) is 0 Å². The number of amides is 1. The highest BCUT2D eigenvalue weighted by atomic mass is 79.9. The summed E-state index contributed by atoms with van der Waals surface area (Å²) in [6.07, 6.45) is 1.19. The van der Waals surface area contributed by atoms with Crippen LogP contribution in [0.25, 0.3) is 0 Å². The van der Waals surface area contributed by atoms with Gasteiger partial charge in [-0.05, 0) is 52.4 Å². The molecule has 2 nitrogen and oxygen atoms in total. The van der Waals surface area contributed by atoms with Crippen molar-refractivity contribution in [2.75, 3.05) is 6.54 Å². The summed E-state index contributed by atoms with van der Waals surface area (Å²) >= 11 is 3.18. The van der Waals surface area contributed by atoms with E-state index in [2.05, 4.69) is 28.2 Å². The molecule has 2 rings (SSSR count). The first-order valence-electron chi connectivity index (χ1n) is 5.31. The van der Waals surface area contributed by atoms with Crippen molar-refractivity contribution in [1.29, 1.82) is 0 Å². The normalized spacial score (nSPS) is 22.9. The summed E-state index contributed by atoms with van der Waals surface area (Å²) in [7, 11) is 0. The van der Waals surface area contributed by atoms with Gasteiger partial charge in [0.1, 0.15) is 5.82 Å². The van der Waals surface area contributed by atoms with Gasteiger partial charge in [0.2, 0.25) is 0 Å². The van der Waals surface area contributed by atoms with Gasteiger partial charge < -0.3 is 5.32 Å². The van der Waals surface area contributed by atoms with Crippen LogP contribution in [0.5, 0.6) is 0 Å². The third-order valence-electron chi connectivity index (χ3n) is 2.98. The van der Waals surface area contributed by atoms with Gasteiger partial charge in [-0.1, -0.05) is 6.92 Å². The van der Waals surface area contributed by atoms with E-state index < -0.39 is 0 Å². The molecule has 0 radical (unpaired) electrons. The predicted molar refractivity (Wildman–Crippen MR) is 63.7 cm³/mol. The van der Waals surface area contributed by atoms with Gasteiger partial charge in [0, 0.05) is 11.0 Å². The van der Waals surface area contributed by atoms with Gasteiger partial charge in [0.05, 0.1) is 5.56 Å². The lowest BCUT2D eigenvalue weighted by Crippen LogP contribution is -2.26. The molecule has 2 atom stereocenters. The maximum absolute atomic E-state index is 12.8. The molecule has 1 aliphatic rings. The number of rotatable bonds is 3. The van der Waals surface area contributed by atoms with E-state index in [4.69, 9.17) is 0 Å². The van der Waals surface area contributed by atoms with Crippen molar-refractivity contribution < 1.29 is 9.18 Å². The Labute approximate surface area is 102 Å². The van der Waals surface area contributed by atoms with Crippen molar-refractivity contribution in [3.05, 3.63) is 34.1 Å². The molecule has 1 aromatic carbocycles. The van der Waals surface area contributed by atoms with Gasteiger partial charge in [-0.2, -0.15) is 0 Å². The molecule has 0 aromatic heterocycles. The van der Waals surface area contributed by atoms with Crippen molar-refractivity contribution in [2.45, 2.75) is 13.3 Å². The topological polar surface area (TPSA) is 29.1 Å². The van der Waals surface area contributed by atoms with E-state index in [1.165, 1.54) is 24.6 Å². The van der Waals surface area contributed by atoms with Crippen LogP contribution in [-0.2, 0) is 0 Å². The van der Waals surface area contributed by atoms with E-state index in [9.17, 15) is 9.18 Å². The minimum Gasteiger partial charge on any atom is -0.352 e. The fourth-order valence-corrected chi connectivity index (χ4v) is 2.21. The smallest absolute Gasteiger partial charge is 0.252 e. The van der Waals surface area contributed by atoms with Crippen LogP contribution in [-0.4, -0.2) is 12.5 Å². The molecule has 1 aromatic rings. The van der Waals surface area contributed by atoms with Crippen molar-refractivity contribution >= 4 is 21.8 Å². The first-order valence-corrected chi connectivity index (χ1v) is 6.10. The van der Waals surface area contributed by atoms with Crippen LogP contribution in [0.1, 0.15) is 23.7 Å². The van der Waals surface area contributed by atoms with E-state index >= 15 is 0 Å². The molecular weight excluding hydrogens is 273 g/mol. The molecule has 0 heterocycles.